The fraction of sp³-hybridized carbons (Fsp3) is 0.211. The Morgan fingerprint density at radius 3 is 2.12 bits per heavy atom. The van der Waals surface area contributed by atoms with Gasteiger partial charge in [0.1, 0.15) is 0 Å². The van der Waals surface area contributed by atoms with Gasteiger partial charge in [-0.3, -0.25) is 4.72 Å². The Morgan fingerprint density at radius 1 is 0.960 bits per heavy atom. The van der Waals surface area contributed by atoms with Crippen molar-refractivity contribution >= 4 is 15.7 Å². The van der Waals surface area contributed by atoms with Gasteiger partial charge in [0.15, 0.2) is 0 Å². The van der Waals surface area contributed by atoms with Crippen LogP contribution in [0.15, 0.2) is 66.0 Å². The second-order valence-electron chi connectivity index (χ2n) is 6.92. The molecule has 0 fully saturated rings. The van der Waals surface area contributed by atoms with Crippen LogP contribution >= 0.6 is 0 Å². The van der Waals surface area contributed by atoms with E-state index < -0.39 is 10.0 Å². The Labute approximate surface area is 148 Å². The lowest BCUT2D eigenvalue weighted by Crippen LogP contribution is -2.14. The first-order valence-corrected chi connectivity index (χ1v) is 9.46. The molecule has 0 aliphatic carbocycles. The summed E-state index contributed by atoms with van der Waals surface area (Å²) in [6, 6.07) is 14.1. The van der Waals surface area contributed by atoms with Crippen LogP contribution in [-0.2, 0) is 15.4 Å². The van der Waals surface area contributed by atoms with Crippen LogP contribution in [0.3, 0.4) is 0 Å². The topological polar surface area (TPSA) is 74.8 Å². The highest BCUT2D eigenvalue weighted by molar-refractivity contribution is 7.92. The zero-order chi connectivity index (χ0) is 18.1. The zero-order valence-electron chi connectivity index (χ0n) is 14.4. The van der Waals surface area contributed by atoms with Crippen LogP contribution in [0.25, 0.3) is 11.3 Å². The number of rotatable bonds is 4. The number of hydrogen-bond acceptors (Lipinski definition) is 3. The average molecular weight is 355 g/mol. The smallest absolute Gasteiger partial charge is 0.261 e. The lowest BCUT2D eigenvalue weighted by molar-refractivity contribution is 0.587. The van der Waals surface area contributed by atoms with E-state index in [1.165, 1.54) is 0 Å². The summed E-state index contributed by atoms with van der Waals surface area (Å²) in [6.45, 7) is 6.28. The average Bonchev–Trinajstić information content (AvgIpc) is 3.09. The number of nitrogens with zero attached hydrogens (tertiary/aromatic N) is 1. The number of anilines is 1. The van der Waals surface area contributed by atoms with E-state index in [1.807, 2.05) is 24.3 Å². The highest BCUT2D eigenvalue weighted by Gasteiger charge is 2.17. The van der Waals surface area contributed by atoms with E-state index in [0.29, 0.717) is 5.69 Å². The van der Waals surface area contributed by atoms with Gasteiger partial charge in [0, 0.05) is 5.69 Å². The molecule has 0 aliphatic heterocycles. The van der Waals surface area contributed by atoms with Gasteiger partial charge in [-0.25, -0.2) is 13.4 Å². The minimum atomic E-state index is -3.61. The maximum atomic E-state index is 12.5. The molecule has 25 heavy (non-hydrogen) atoms. The van der Waals surface area contributed by atoms with Gasteiger partial charge in [0.2, 0.25) is 0 Å². The highest BCUT2D eigenvalue weighted by atomic mass is 32.2. The van der Waals surface area contributed by atoms with E-state index >= 15 is 0 Å². The van der Waals surface area contributed by atoms with Crippen molar-refractivity contribution in [2.75, 3.05) is 4.72 Å². The van der Waals surface area contributed by atoms with Gasteiger partial charge >= 0.3 is 0 Å². The molecule has 0 spiro atoms. The summed E-state index contributed by atoms with van der Waals surface area (Å²) in [7, 11) is -3.61. The van der Waals surface area contributed by atoms with Crippen molar-refractivity contribution in [1.29, 1.82) is 0 Å². The van der Waals surface area contributed by atoms with Gasteiger partial charge in [-0.05, 0) is 40.8 Å². The molecular formula is C19H21N3O2S. The summed E-state index contributed by atoms with van der Waals surface area (Å²) in [5, 5.41) is 0. The molecule has 0 amide bonds. The third kappa shape index (κ3) is 3.91. The van der Waals surface area contributed by atoms with Crippen LogP contribution in [0.5, 0.6) is 0 Å². The van der Waals surface area contributed by atoms with Crippen molar-refractivity contribution < 1.29 is 8.42 Å². The second-order valence-corrected chi connectivity index (χ2v) is 8.60. The number of H-pyrrole nitrogens is 1. The molecule has 6 heteroatoms. The molecule has 0 atom stereocenters. The summed E-state index contributed by atoms with van der Waals surface area (Å²) in [6.07, 6.45) is 3.32. The minimum absolute atomic E-state index is 0.0157. The van der Waals surface area contributed by atoms with Gasteiger partial charge in [-0.1, -0.05) is 45.0 Å². The molecule has 0 aliphatic rings. The fourth-order valence-corrected chi connectivity index (χ4v) is 3.54. The quantitative estimate of drug-likeness (QED) is 0.737. The van der Waals surface area contributed by atoms with E-state index in [2.05, 4.69) is 35.5 Å². The standard InChI is InChI=1S/C19H21N3O2S/c1-19(2,3)15-6-10-17(11-7-15)25(23,24)22-16-8-4-14(5-9-16)18-12-20-13-21-18/h4-13,22H,1-3H3,(H,20,21). The van der Waals surface area contributed by atoms with Crippen molar-refractivity contribution in [3.05, 3.63) is 66.6 Å². The van der Waals surface area contributed by atoms with Crippen LogP contribution in [0.2, 0.25) is 0 Å². The number of nitrogens with one attached hydrogen (secondary N) is 2. The Hall–Kier alpha value is -2.60. The number of benzene rings is 2. The first-order valence-electron chi connectivity index (χ1n) is 7.98. The lowest BCUT2D eigenvalue weighted by Gasteiger charge is -2.19. The first-order chi connectivity index (χ1) is 11.8. The lowest BCUT2D eigenvalue weighted by atomic mass is 9.87. The molecule has 1 aromatic heterocycles. The summed E-state index contributed by atoms with van der Waals surface area (Å²) in [4.78, 5) is 7.24. The van der Waals surface area contributed by atoms with Crippen molar-refractivity contribution in [1.82, 2.24) is 9.97 Å². The largest absolute Gasteiger partial charge is 0.345 e. The van der Waals surface area contributed by atoms with Crippen molar-refractivity contribution in [2.24, 2.45) is 0 Å². The van der Waals surface area contributed by atoms with Gasteiger partial charge in [0.05, 0.1) is 23.1 Å². The molecule has 3 aromatic rings. The Morgan fingerprint density at radius 2 is 1.60 bits per heavy atom. The molecule has 0 bridgehead atoms. The maximum absolute atomic E-state index is 12.5. The van der Waals surface area contributed by atoms with E-state index in [-0.39, 0.29) is 10.3 Å². The van der Waals surface area contributed by atoms with Crippen LogP contribution in [0.1, 0.15) is 26.3 Å². The number of imidazole rings is 1. The van der Waals surface area contributed by atoms with Crippen molar-refractivity contribution in [3.8, 4) is 11.3 Å². The maximum Gasteiger partial charge on any atom is 0.261 e. The molecule has 5 nitrogen and oxygen atoms in total. The molecular weight excluding hydrogens is 334 g/mol. The SMILES string of the molecule is CC(C)(C)c1ccc(S(=O)(=O)Nc2ccc(-c3cnc[nH]3)cc2)cc1. The second kappa shape index (κ2) is 6.37. The van der Waals surface area contributed by atoms with Crippen molar-refractivity contribution in [2.45, 2.75) is 31.1 Å². The number of sulfonamides is 1. The van der Waals surface area contributed by atoms with E-state index in [9.17, 15) is 8.42 Å². The first kappa shape index (κ1) is 17.2. The Bertz CT molecular complexity index is 937. The fourth-order valence-electron chi connectivity index (χ4n) is 2.48. The number of aromatic nitrogens is 2. The van der Waals surface area contributed by atoms with Crippen LogP contribution in [0, 0.1) is 0 Å². The van der Waals surface area contributed by atoms with Crippen LogP contribution in [-0.4, -0.2) is 18.4 Å². The zero-order valence-corrected chi connectivity index (χ0v) is 15.3. The summed E-state index contributed by atoms with van der Waals surface area (Å²) < 4.78 is 27.7. The predicted octanol–water partition coefficient (Wildman–Crippen LogP) is 4.18. The van der Waals surface area contributed by atoms with E-state index in [4.69, 9.17) is 0 Å². The Kier molecular flexibility index (Phi) is 4.39. The van der Waals surface area contributed by atoms with E-state index in [1.54, 1.807) is 36.8 Å². The molecule has 0 saturated heterocycles. The molecule has 2 aromatic carbocycles. The van der Waals surface area contributed by atoms with E-state index in [0.717, 1.165) is 16.8 Å². The molecule has 0 unspecified atom stereocenters. The van der Waals surface area contributed by atoms with Crippen LogP contribution in [0.4, 0.5) is 5.69 Å². The van der Waals surface area contributed by atoms with Gasteiger partial charge < -0.3 is 4.98 Å². The normalized spacial score (nSPS) is 12.1. The third-order valence-corrected chi connectivity index (χ3v) is 5.37. The summed E-state index contributed by atoms with van der Waals surface area (Å²) in [5.74, 6) is 0. The van der Waals surface area contributed by atoms with Crippen molar-refractivity contribution in [3.63, 3.8) is 0 Å². The molecule has 0 radical (unpaired) electrons. The molecule has 130 valence electrons. The summed E-state index contributed by atoms with van der Waals surface area (Å²) >= 11 is 0. The number of hydrogen-bond donors (Lipinski definition) is 2. The molecule has 1 heterocycles. The van der Waals surface area contributed by atoms with Gasteiger partial charge in [-0.2, -0.15) is 0 Å². The minimum Gasteiger partial charge on any atom is -0.345 e. The third-order valence-electron chi connectivity index (χ3n) is 3.98. The molecule has 3 rings (SSSR count). The number of aromatic amines is 1. The Balaban J connectivity index is 1.79. The monoisotopic (exact) mass is 355 g/mol. The van der Waals surface area contributed by atoms with Gasteiger partial charge in [0.25, 0.3) is 10.0 Å². The molecule has 0 saturated carbocycles. The highest BCUT2D eigenvalue weighted by Crippen LogP contribution is 2.25. The van der Waals surface area contributed by atoms with Crippen LogP contribution < -0.4 is 4.72 Å². The predicted molar refractivity (Wildman–Crippen MR) is 100.0 cm³/mol. The molecule has 2 N–H and O–H groups in total. The summed E-state index contributed by atoms with van der Waals surface area (Å²) in [5.41, 5.74) is 3.42. The van der Waals surface area contributed by atoms with Gasteiger partial charge in [-0.15, -0.1) is 0 Å².